The van der Waals surface area contributed by atoms with E-state index in [2.05, 4.69) is 0 Å². The highest BCUT2D eigenvalue weighted by Gasteiger charge is 2.22. The molecule has 0 radical (unpaired) electrons. The van der Waals surface area contributed by atoms with Crippen LogP contribution in [-0.2, 0) is 38.4 Å². The number of rotatable bonds is 13. The predicted molar refractivity (Wildman–Crippen MR) is 136 cm³/mol. The number of ether oxygens (including phenoxy) is 3. The molecule has 2 aromatic carbocycles. The van der Waals surface area contributed by atoms with Crippen molar-refractivity contribution < 1.29 is 37.0 Å². The summed E-state index contributed by atoms with van der Waals surface area (Å²) in [5.74, 6) is -1.40. The fourth-order valence-electron chi connectivity index (χ4n) is 3.41. The Morgan fingerprint density at radius 3 is 1.78 bits per heavy atom. The minimum Gasteiger partial charge on any atom is -0.466 e. The Morgan fingerprint density at radius 2 is 1.25 bits per heavy atom. The Bertz CT molecular complexity index is 1170. The van der Waals surface area contributed by atoms with E-state index in [0.717, 1.165) is 25.5 Å². The van der Waals surface area contributed by atoms with Gasteiger partial charge in [-0.2, -0.15) is 0 Å². The van der Waals surface area contributed by atoms with E-state index in [0.29, 0.717) is 29.7 Å². The number of carbonyl (C=O) groups is 3. The third kappa shape index (κ3) is 9.65. The summed E-state index contributed by atoms with van der Waals surface area (Å²) >= 11 is 0. The molecule has 0 atom stereocenters. The second kappa shape index (κ2) is 14.2. The molecule has 0 heterocycles. The molecule has 0 amide bonds. The second-order valence-corrected chi connectivity index (χ2v) is 10.2. The third-order valence-corrected chi connectivity index (χ3v) is 6.32. The maximum absolute atomic E-state index is 13.3. The predicted octanol–water partition coefficient (Wildman–Crippen LogP) is 4.23. The van der Waals surface area contributed by atoms with Crippen LogP contribution in [0.3, 0.4) is 0 Å². The molecule has 0 unspecified atom stereocenters. The zero-order chi connectivity index (χ0) is 26.6. The van der Waals surface area contributed by atoms with Crippen molar-refractivity contribution in [3.8, 4) is 0 Å². The summed E-state index contributed by atoms with van der Waals surface area (Å²) < 4.78 is 39.5. The molecule has 36 heavy (non-hydrogen) atoms. The van der Waals surface area contributed by atoms with Crippen LogP contribution < -0.4 is 0 Å². The van der Waals surface area contributed by atoms with Crippen LogP contribution in [0.15, 0.2) is 59.5 Å². The Balaban J connectivity index is 2.28. The average molecular weight is 517 g/mol. The maximum atomic E-state index is 13.3. The summed E-state index contributed by atoms with van der Waals surface area (Å²) in [7, 11) is -3.41. The molecule has 0 aliphatic carbocycles. The van der Waals surface area contributed by atoms with Gasteiger partial charge >= 0.3 is 17.9 Å². The minimum atomic E-state index is -3.41. The zero-order valence-corrected chi connectivity index (χ0v) is 21.6. The molecule has 0 aliphatic heterocycles. The number of sulfone groups is 1. The number of hydrogen-bond acceptors (Lipinski definition) is 8. The molecule has 2 rings (SSSR count). The van der Waals surface area contributed by atoms with Gasteiger partial charge in [-0.1, -0.05) is 42.5 Å². The van der Waals surface area contributed by atoms with Crippen molar-refractivity contribution in [3.05, 3.63) is 65.7 Å². The first-order chi connectivity index (χ1) is 17.1. The van der Waals surface area contributed by atoms with Crippen LogP contribution in [0.1, 0.15) is 50.7 Å². The number of hydrogen-bond donors (Lipinski definition) is 0. The van der Waals surface area contributed by atoms with Gasteiger partial charge in [-0.3, -0.25) is 9.59 Å². The Hall–Kier alpha value is -3.46. The summed E-state index contributed by atoms with van der Waals surface area (Å²) in [5, 5.41) is 0. The number of benzene rings is 2. The number of unbranched alkanes of at least 4 members (excludes halogenated alkanes) is 3. The molecule has 0 fully saturated rings. The lowest BCUT2D eigenvalue weighted by molar-refractivity contribution is -0.141. The lowest BCUT2D eigenvalue weighted by atomic mass is 9.95. The minimum absolute atomic E-state index is 0.135. The van der Waals surface area contributed by atoms with Gasteiger partial charge < -0.3 is 14.2 Å². The smallest absolute Gasteiger partial charge is 0.339 e. The van der Waals surface area contributed by atoms with Crippen molar-refractivity contribution in [1.29, 1.82) is 0 Å². The second-order valence-electron chi connectivity index (χ2n) is 8.19. The lowest BCUT2D eigenvalue weighted by Gasteiger charge is -2.16. The van der Waals surface area contributed by atoms with Crippen LogP contribution in [0.25, 0.3) is 11.1 Å². The quantitative estimate of drug-likeness (QED) is 0.128. The molecule has 2 aromatic rings. The summed E-state index contributed by atoms with van der Waals surface area (Å²) in [4.78, 5) is 35.8. The van der Waals surface area contributed by atoms with Crippen molar-refractivity contribution in [3.63, 3.8) is 0 Å². The van der Waals surface area contributed by atoms with Gasteiger partial charge in [-0.05, 0) is 48.9 Å². The van der Waals surface area contributed by atoms with Crippen molar-refractivity contribution in [2.24, 2.45) is 0 Å². The number of carbonyl (C=O) groups excluding carboxylic acids is 3. The summed E-state index contributed by atoms with van der Waals surface area (Å²) in [6.45, 7) is 3.01. The Labute approximate surface area is 212 Å². The summed E-state index contributed by atoms with van der Waals surface area (Å²) in [6.07, 6.45) is 4.11. The molecular formula is C27H32O8S. The van der Waals surface area contributed by atoms with Crippen LogP contribution in [0, 0.1) is 0 Å². The van der Waals surface area contributed by atoms with Crippen molar-refractivity contribution in [2.75, 3.05) is 26.1 Å². The highest BCUT2D eigenvalue weighted by Crippen LogP contribution is 2.29. The molecule has 0 saturated heterocycles. The van der Waals surface area contributed by atoms with Crippen LogP contribution in [0.4, 0.5) is 0 Å². The Morgan fingerprint density at radius 1 is 0.694 bits per heavy atom. The van der Waals surface area contributed by atoms with E-state index in [1.807, 2.05) is 6.07 Å². The fraction of sp³-hybridized carbons (Fsp3) is 0.370. The van der Waals surface area contributed by atoms with E-state index in [-0.39, 0.29) is 29.7 Å². The van der Waals surface area contributed by atoms with Crippen molar-refractivity contribution >= 4 is 38.9 Å². The first-order valence-electron chi connectivity index (χ1n) is 11.6. The molecule has 0 bridgehead atoms. The number of esters is 3. The molecule has 0 aliphatic rings. The fourth-order valence-corrected chi connectivity index (χ4v) is 4.04. The third-order valence-electron chi connectivity index (χ3n) is 5.20. The molecule has 8 nitrogen and oxygen atoms in total. The Kier molecular flexibility index (Phi) is 11.3. The highest BCUT2D eigenvalue weighted by molar-refractivity contribution is 7.90. The van der Waals surface area contributed by atoms with E-state index in [1.165, 1.54) is 26.0 Å². The largest absolute Gasteiger partial charge is 0.466 e. The highest BCUT2D eigenvalue weighted by atomic mass is 32.2. The molecule has 0 saturated carbocycles. The molecule has 194 valence electrons. The van der Waals surface area contributed by atoms with Gasteiger partial charge in [0.25, 0.3) is 0 Å². The SMILES string of the molecule is CC(=O)OCCCCCCOC(=O)/C(=C(\COC(C)=O)c1ccc(S(C)(=O)=O)cc1)c1ccccc1. The zero-order valence-electron chi connectivity index (χ0n) is 20.8. The van der Waals surface area contributed by atoms with Gasteiger partial charge in [0.1, 0.15) is 6.61 Å². The van der Waals surface area contributed by atoms with Crippen LogP contribution in [0.2, 0.25) is 0 Å². The van der Waals surface area contributed by atoms with Gasteiger partial charge in [0.2, 0.25) is 0 Å². The molecular weight excluding hydrogens is 484 g/mol. The molecule has 0 N–H and O–H groups in total. The van der Waals surface area contributed by atoms with Gasteiger partial charge in [-0.25, -0.2) is 13.2 Å². The monoisotopic (exact) mass is 516 g/mol. The van der Waals surface area contributed by atoms with Crippen LogP contribution in [0.5, 0.6) is 0 Å². The summed E-state index contributed by atoms with van der Waals surface area (Å²) in [6, 6.07) is 14.9. The van der Waals surface area contributed by atoms with E-state index in [1.54, 1.807) is 36.4 Å². The topological polar surface area (TPSA) is 113 Å². The van der Waals surface area contributed by atoms with E-state index < -0.39 is 21.8 Å². The average Bonchev–Trinajstić information content (AvgIpc) is 2.83. The first kappa shape index (κ1) is 28.8. The van der Waals surface area contributed by atoms with Gasteiger partial charge in [0, 0.05) is 25.7 Å². The van der Waals surface area contributed by atoms with Crippen LogP contribution in [-0.4, -0.2) is 52.4 Å². The van der Waals surface area contributed by atoms with Gasteiger partial charge in [0.05, 0.1) is 23.7 Å². The van der Waals surface area contributed by atoms with Gasteiger partial charge in [0.15, 0.2) is 9.84 Å². The maximum Gasteiger partial charge on any atom is 0.339 e. The van der Waals surface area contributed by atoms with Gasteiger partial charge in [-0.15, -0.1) is 0 Å². The standard InChI is InChI=1S/C27H32O8S/c1-20(28)33-17-9-4-5-10-18-34-27(30)26(23-11-7-6-8-12-23)25(19-35-21(2)29)22-13-15-24(16-14-22)36(3,31)32/h6-8,11-16H,4-5,9-10,17-19H2,1-3H3/b26-25+. The lowest BCUT2D eigenvalue weighted by Crippen LogP contribution is -2.14. The summed E-state index contributed by atoms with van der Waals surface area (Å²) in [5.41, 5.74) is 1.75. The first-order valence-corrected chi connectivity index (χ1v) is 13.5. The molecule has 0 spiro atoms. The van der Waals surface area contributed by atoms with Crippen LogP contribution >= 0.6 is 0 Å². The molecule has 0 aromatic heterocycles. The molecule has 9 heteroatoms. The van der Waals surface area contributed by atoms with E-state index in [4.69, 9.17) is 14.2 Å². The van der Waals surface area contributed by atoms with Crippen molar-refractivity contribution in [2.45, 2.75) is 44.4 Å². The van der Waals surface area contributed by atoms with E-state index in [9.17, 15) is 22.8 Å². The normalized spacial score (nSPS) is 11.9. The van der Waals surface area contributed by atoms with Crippen molar-refractivity contribution in [1.82, 2.24) is 0 Å². The van der Waals surface area contributed by atoms with E-state index >= 15 is 0 Å².